The number of piperazine rings is 1. The number of fused-ring (bicyclic) bond motifs is 1. The number of benzene rings is 1. The van der Waals surface area contributed by atoms with Gasteiger partial charge in [-0.1, -0.05) is 11.6 Å². The van der Waals surface area contributed by atoms with Gasteiger partial charge in [-0.15, -0.1) is 12.4 Å². The summed E-state index contributed by atoms with van der Waals surface area (Å²) >= 11 is 6.07. The summed E-state index contributed by atoms with van der Waals surface area (Å²) in [7, 11) is 2.07. The maximum absolute atomic E-state index is 6.07. The normalized spacial score (nSPS) is 23.2. The van der Waals surface area contributed by atoms with Crippen molar-refractivity contribution in [2.24, 2.45) is 7.05 Å². The summed E-state index contributed by atoms with van der Waals surface area (Å²) in [5.74, 6) is 1.10. The SMILES string of the molecule is CC1CN(Cc2nc3ccc(Cl)cc3n2C)C(C)CN1.Cl. The summed E-state index contributed by atoms with van der Waals surface area (Å²) in [4.78, 5) is 7.24. The summed E-state index contributed by atoms with van der Waals surface area (Å²) in [6.45, 7) is 7.48. The Morgan fingerprint density at radius 1 is 1.38 bits per heavy atom. The first-order valence-electron chi connectivity index (χ1n) is 7.13. The number of nitrogens with one attached hydrogen (secondary N) is 1. The summed E-state index contributed by atoms with van der Waals surface area (Å²) < 4.78 is 2.15. The lowest BCUT2D eigenvalue weighted by Gasteiger charge is -2.37. The number of imidazole rings is 1. The second-order valence-corrected chi connectivity index (χ2v) is 6.24. The molecule has 1 aromatic carbocycles. The topological polar surface area (TPSA) is 33.1 Å². The Balaban J connectivity index is 0.00000161. The van der Waals surface area contributed by atoms with E-state index < -0.39 is 0 Å². The zero-order chi connectivity index (χ0) is 14.3. The predicted octanol–water partition coefficient (Wildman–Crippen LogP) is 2.83. The van der Waals surface area contributed by atoms with Crippen molar-refractivity contribution in [2.45, 2.75) is 32.5 Å². The highest BCUT2D eigenvalue weighted by molar-refractivity contribution is 6.31. The van der Waals surface area contributed by atoms with Gasteiger partial charge in [-0.05, 0) is 32.0 Å². The molecule has 1 saturated heterocycles. The van der Waals surface area contributed by atoms with Crippen molar-refractivity contribution in [1.29, 1.82) is 0 Å². The minimum atomic E-state index is 0. The van der Waals surface area contributed by atoms with Gasteiger partial charge < -0.3 is 9.88 Å². The Bertz CT molecular complexity index is 625. The van der Waals surface area contributed by atoms with E-state index in [9.17, 15) is 0 Å². The molecule has 4 nitrogen and oxygen atoms in total. The molecular weight excluding hydrogens is 307 g/mol. The lowest BCUT2D eigenvalue weighted by Crippen LogP contribution is -2.53. The van der Waals surface area contributed by atoms with Gasteiger partial charge in [-0.3, -0.25) is 4.90 Å². The Kier molecular flexibility index (Phi) is 5.15. The van der Waals surface area contributed by atoms with E-state index in [1.165, 1.54) is 0 Å². The van der Waals surface area contributed by atoms with Gasteiger partial charge in [-0.2, -0.15) is 0 Å². The van der Waals surface area contributed by atoms with Gasteiger partial charge in [0.05, 0.1) is 17.6 Å². The Morgan fingerprint density at radius 3 is 2.90 bits per heavy atom. The van der Waals surface area contributed by atoms with E-state index in [-0.39, 0.29) is 12.4 Å². The predicted molar refractivity (Wildman–Crippen MR) is 90.3 cm³/mol. The summed E-state index contributed by atoms with van der Waals surface area (Å²) in [5.41, 5.74) is 2.12. The van der Waals surface area contributed by atoms with Crippen molar-refractivity contribution in [1.82, 2.24) is 19.8 Å². The maximum Gasteiger partial charge on any atom is 0.123 e. The average Bonchev–Trinajstić information content (AvgIpc) is 2.71. The van der Waals surface area contributed by atoms with Gasteiger partial charge in [0.15, 0.2) is 0 Å². The molecule has 0 aliphatic carbocycles. The summed E-state index contributed by atoms with van der Waals surface area (Å²) in [6.07, 6.45) is 0. The van der Waals surface area contributed by atoms with Gasteiger partial charge in [0.2, 0.25) is 0 Å². The molecule has 6 heteroatoms. The molecule has 2 aromatic rings. The summed E-state index contributed by atoms with van der Waals surface area (Å²) in [5, 5.41) is 4.27. The van der Waals surface area contributed by atoms with Crippen molar-refractivity contribution >= 4 is 35.0 Å². The van der Waals surface area contributed by atoms with E-state index in [2.05, 4.69) is 35.7 Å². The molecule has 0 amide bonds. The minimum absolute atomic E-state index is 0. The van der Waals surface area contributed by atoms with Crippen LogP contribution in [0.15, 0.2) is 18.2 Å². The molecule has 0 spiro atoms. The van der Waals surface area contributed by atoms with E-state index in [0.29, 0.717) is 12.1 Å². The van der Waals surface area contributed by atoms with Crippen molar-refractivity contribution in [2.75, 3.05) is 13.1 Å². The second kappa shape index (κ2) is 6.53. The average molecular weight is 329 g/mol. The zero-order valence-electron chi connectivity index (χ0n) is 12.6. The molecule has 0 radical (unpaired) electrons. The van der Waals surface area contributed by atoms with Crippen LogP contribution in [0.3, 0.4) is 0 Å². The molecule has 2 atom stereocenters. The molecule has 1 N–H and O–H groups in total. The Hall–Kier alpha value is -0.810. The standard InChI is InChI=1S/C15H21ClN4.ClH/c1-10-8-20(11(2)7-17-10)9-15-18-13-5-4-12(16)6-14(13)19(15)3;/h4-6,10-11,17H,7-9H2,1-3H3;1H. The molecule has 0 bridgehead atoms. The number of nitrogens with zero attached hydrogens (tertiary/aromatic N) is 3. The molecule has 1 fully saturated rings. The van der Waals surface area contributed by atoms with Crippen LogP contribution in [0, 0.1) is 0 Å². The van der Waals surface area contributed by atoms with Crippen LogP contribution < -0.4 is 5.32 Å². The molecule has 1 aliphatic rings. The third-order valence-corrected chi connectivity index (χ3v) is 4.41. The fourth-order valence-electron chi connectivity index (χ4n) is 2.85. The van der Waals surface area contributed by atoms with Crippen molar-refractivity contribution in [3.05, 3.63) is 29.0 Å². The molecule has 1 aliphatic heterocycles. The van der Waals surface area contributed by atoms with Crippen LogP contribution in [0.4, 0.5) is 0 Å². The van der Waals surface area contributed by atoms with E-state index in [0.717, 1.165) is 41.5 Å². The van der Waals surface area contributed by atoms with E-state index >= 15 is 0 Å². The van der Waals surface area contributed by atoms with E-state index in [4.69, 9.17) is 16.6 Å². The molecular formula is C15H22Cl2N4. The van der Waals surface area contributed by atoms with E-state index in [1.807, 2.05) is 18.2 Å². The smallest absolute Gasteiger partial charge is 0.123 e. The highest BCUT2D eigenvalue weighted by atomic mass is 35.5. The van der Waals surface area contributed by atoms with Crippen LogP contribution in [0.5, 0.6) is 0 Å². The molecule has 2 unspecified atom stereocenters. The molecule has 116 valence electrons. The molecule has 0 saturated carbocycles. The highest BCUT2D eigenvalue weighted by Crippen LogP contribution is 2.21. The van der Waals surface area contributed by atoms with Crippen LogP contribution >= 0.6 is 24.0 Å². The van der Waals surface area contributed by atoms with Crippen molar-refractivity contribution in [3.63, 3.8) is 0 Å². The number of aromatic nitrogens is 2. The Labute approximate surface area is 136 Å². The first-order chi connectivity index (χ1) is 9.54. The van der Waals surface area contributed by atoms with Gasteiger partial charge in [-0.25, -0.2) is 4.98 Å². The highest BCUT2D eigenvalue weighted by Gasteiger charge is 2.23. The van der Waals surface area contributed by atoms with E-state index in [1.54, 1.807) is 0 Å². The fraction of sp³-hybridized carbons (Fsp3) is 0.533. The third-order valence-electron chi connectivity index (χ3n) is 4.17. The first-order valence-corrected chi connectivity index (χ1v) is 7.50. The van der Waals surface area contributed by atoms with Gasteiger partial charge in [0.25, 0.3) is 0 Å². The van der Waals surface area contributed by atoms with Crippen molar-refractivity contribution in [3.8, 4) is 0 Å². The summed E-state index contributed by atoms with van der Waals surface area (Å²) in [6, 6.07) is 6.95. The molecule has 1 aromatic heterocycles. The largest absolute Gasteiger partial charge is 0.330 e. The quantitative estimate of drug-likeness (QED) is 0.920. The lowest BCUT2D eigenvalue weighted by molar-refractivity contribution is 0.134. The minimum Gasteiger partial charge on any atom is -0.330 e. The number of halogens is 2. The van der Waals surface area contributed by atoms with Gasteiger partial charge in [0.1, 0.15) is 5.82 Å². The Morgan fingerprint density at radius 2 is 2.14 bits per heavy atom. The fourth-order valence-corrected chi connectivity index (χ4v) is 3.02. The second-order valence-electron chi connectivity index (χ2n) is 5.81. The van der Waals surface area contributed by atoms with Crippen LogP contribution in [0.2, 0.25) is 5.02 Å². The molecule has 3 rings (SSSR count). The number of hydrogen-bond acceptors (Lipinski definition) is 3. The van der Waals surface area contributed by atoms with Crippen LogP contribution in [-0.4, -0.2) is 39.6 Å². The molecule has 21 heavy (non-hydrogen) atoms. The lowest BCUT2D eigenvalue weighted by atomic mass is 10.1. The van der Waals surface area contributed by atoms with Crippen LogP contribution in [0.25, 0.3) is 11.0 Å². The number of rotatable bonds is 2. The maximum atomic E-state index is 6.07. The monoisotopic (exact) mass is 328 g/mol. The number of aryl methyl sites for hydroxylation is 1. The first kappa shape index (κ1) is 16.6. The third kappa shape index (κ3) is 3.34. The van der Waals surface area contributed by atoms with Crippen LogP contribution in [-0.2, 0) is 13.6 Å². The zero-order valence-corrected chi connectivity index (χ0v) is 14.2. The van der Waals surface area contributed by atoms with Gasteiger partial charge in [0, 0.05) is 37.2 Å². The molecule has 2 heterocycles. The van der Waals surface area contributed by atoms with Crippen LogP contribution in [0.1, 0.15) is 19.7 Å². The number of hydrogen-bond donors (Lipinski definition) is 1. The van der Waals surface area contributed by atoms with Gasteiger partial charge >= 0.3 is 0 Å². The van der Waals surface area contributed by atoms with Crippen molar-refractivity contribution < 1.29 is 0 Å².